The van der Waals surface area contributed by atoms with Crippen molar-refractivity contribution < 1.29 is 4.79 Å². The molecule has 1 fully saturated rings. The summed E-state index contributed by atoms with van der Waals surface area (Å²) in [5.41, 5.74) is 2.64. The average Bonchev–Trinajstić information content (AvgIpc) is 2.61. The summed E-state index contributed by atoms with van der Waals surface area (Å²) >= 11 is 4.81. The van der Waals surface area contributed by atoms with Gasteiger partial charge in [0.15, 0.2) is 0 Å². The molecule has 1 amide bonds. The molecule has 0 aromatic carbocycles. The van der Waals surface area contributed by atoms with Gasteiger partial charge in [-0.2, -0.15) is 5.10 Å². The van der Waals surface area contributed by atoms with E-state index < -0.39 is 0 Å². The predicted molar refractivity (Wildman–Crippen MR) is 68.3 cm³/mol. The zero-order valence-electron chi connectivity index (χ0n) is 9.91. The van der Waals surface area contributed by atoms with Gasteiger partial charge < -0.3 is 5.32 Å². The molecule has 1 aliphatic heterocycles. The second-order valence-corrected chi connectivity index (χ2v) is 4.61. The van der Waals surface area contributed by atoms with Crippen LogP contribution in [0.2, 0.25) is 0 Å². The number of carbonyl (C=O) groups is 1. The molecule has 2 N–H and O–H groups in total. The first-order valence-corrected chi connectivity index (χ1v) is 5.73. The minimum absolute atomic E-state index is 0.00470. The van der Waals surface area contributed by atoms with Crippen molar-refractivity contribution in [2.45, 2.75) is 32.7 Å². The van der Waals surface area contributed by atoms with Crippen LogP contribution < -0.4 is 10.7 Å². The summed E-state index contributed by atoms with van der Waals surface area (Å²) < 4.78 is 0. The molecule has 1 atom stereocenters. The second kappa shape index (κ2) is 5.91. The lowest BCUT2D eigenvalue weighted by Crippen LogP contribution is -2.43. The van der Waals surface area contributed by atoms with E-state index in [1.54, 1.807) is 13.8 Å². The van der Waals surface area contributed by atoms with Crippen LogP contribution in [0.4, 0.5) is 0 Å². The normalized spacial score (nSPS) is 21.9. The molecule has 0 aromatic rings. The Morgan fingerprint density at radius 3 is 2.69 bits per heavy atom. The molecule has 0 spiro atoms. The molecule has 1 heterocycles. The first-order valence-electron chi connectivity index (χ1n) is 5.32. The van der Waals surface area contributed by atoms with Crippen molar-refractivity contribution in [1.82, 2.24) is 15.6 Å². The predicted octanol–water partition coefficient (Wildman–Crippen LogP) is 0.467. The molecule has 90 valence electrons. The highest BCUT2D eigenvalue weighted by atomic mass is 32.1. The summed E-state index contributed by atoms with van der Waals surface area (Å²) in [6.45, 7) is 4.45. The summed E-state index contributed by atoms with van der Waals surface area (Å²) in [4.78, 5) is 14.4. The van der Waals surface area contributed by atoms with Gasteiger partial charge >= 0.3 is 0 Å². The van der Waals surface area contributed by atoms with E-state index in [0.29, 0.717) is 10.8 Å². The Labute approximate surface area is 101 Å². The highest BCUT2D eigenvalue weighted by Gasteiger charge is 2.27. The largest absolute Gasteiger partial charge is 0.312 e. The van der Waals surface area contributed by atoms with Crippen molar-refractivity contribution in [1.29, 1.82) is 0 Å². The summed E-state index contributed by atoms with van der Waals surface area (Å²) in [7, 11) is 1.96. The van der Waals surface area contributed by atoms with E-state index >= 15 is 0 Å². The number of amidine groups is 1. The average molecular weight is 242 g/mol. The molecule has 6 heteroatoms. The molecule has 16 heavy (non-hydrogen) atoms. The van der Waals surface area contributed by atoms with Crippen molar-refractivity contribution in [2.24, 2.45) is 5.10 Å². The summed E-state index contributed by atoms with van der Waals surface area (Å²) in [5.74, 6) is 0.541. The number of likely N-dealkylation sites (N-methyl/N-ethyl adjacent to an activating group) is 1. The van der Waals surface area contributed by atoms with Gasteiger partial charge in [0.05, 0.1) is 11.0 Å². The summed E-state index contributed by atoms with van der Waals surface area (Å²) in [5, 5.41) is 6.69. The third-order valence-corrected chi connectivity index (χ3v) is 2.60. The van der Waals surface area contributed by atoms with E-state index in [2.05, 4.69) is 20.7 Å². The van der Waals surface area contributed by atoms with E-state index in [0.717, 1.165) is 19.4 Å². The topological polar surface area (TPSA) is 56.7 Å². The molecular formula is C10H18N4OS. The molecule has 1 aliphatic rings. The van der Waals surface area contributed by atoms with Crippen LogP contribution in [0, 0.1) is 0 Å². The standard InChI is InChI=1S/C10H18N4OS/c1-7(12-13-8(2)16)11-10(15)9-5-4-6-14(9)3/h9H,4-6H2,1-3H3,(H,13,16)(H,11,12,15). The molecule has 5 nitrogen and oxygen atoms in total. The van der Waals surface area contributed by atoms with Crippen LogP contribution in [-0.4, -0.2) is 41.3 Å². The molecule has 1 rings (SSSR count). The van der Waals surface area contributed by atoms with Crippen LogP contribution in [0.15, 0.2) is 5.10 Å². The number of likely N-dealkylation sites (tertiary alicyclic amines) is 1. The van der Waals surface area contributed by atoms with Crippen molar-refractivity contribution in [3.63, 3.8) is 0 Å². The lowest BCUT2D eigenvalue weighted by atomic mass is 10.2. The van der Waals surface area contributed by atoms with Gasteiger partial charge in [0, 0.05) is 0 Å². The lowest BCUT2D eigenvalue weighted by Gasteiger charge is -2.18. The monoisotopic (exact) mass is 242 g/mol. The number of hydrogen-bond donors (Lipinski definition) is 2. The third kappa shape index (κ3) is 3.86. The Bertz CT molecular complexity index is 316. The number of nitrogens with zero attached hydrogens (tertiary/aromatic N) is 2. The number of thiocarbonyl (C=S) groups is 1. The van der Waals surface area contributed by atoms with Crippen molar-refractivity contribution >= 4 is 28.9 Å². The molecular weight excluding hydrogens is 224 g/mol. The van der Waals surface area contributed by atoms with E-state index in [1.807, 2.05) is 7.05 Å². The number of carbonyl (C=O) groups excluding carboxylic acids is 1. The van der Waals surface area contributed by atoms with E-state index in [4.69, 9.17) is 12.2 Å². The Morgan fingerprint density at radius 2 is 2.19 bits per heavy atom. The Kier molecular flexibility index (Phi) is 4.82. The van der Waals surface area contributed by atoms with Crippen LogP contribution in [0.5, 0.6) is 0 Å². The number of amides is 1. The fourth-order valence-electron chi connectivity index (χ4n) is 1.69. The number of hydrogen-bond acceptors (Lipinski definition) is 4. The van der Waals surface area contributed by atoms with Crippen molar-refractivity contribution in [3.05, 3.63) is 0 Å². The highest BCUT2D eigenvalue weighted by Crippen LogP contribution is 2.14. The second-order valence-electron chi connectivity index (χ2n) is 3.99. The van der Waals surface area contributed by atoms with Gasteiger partial charge in [-0.25, -0.2) is 0 Å². The fraction of sp³-hybridized carbons (Fsp3) is 0.700. The summed E-state index contributed by atoms with van der Waals surface area (Å²) in [6.07, 6.45) is 1.98. The van der Waals surface area contributed by atoms with E-state index in [-0.39, 0.29) is 11.9 Å². The molecule has 0 aliphatic carbocycles. The molecule has 0 aromatic heterocycles. The van der Waals surface area contributed by atoms with Crippen LogP contribution in [-0.2, 0) is 4.79 Å². The molecule has 0 radical (unpaired) electrons. The zero-order chi connectivity index (χ0) is 12.1. The number of rotatable bonds is 2. The van der Waals surface area contributed by atoms with Crippen LogP contribution >= 0.6 is 12.2 Å². The maximum Gasteiger partial charge on any atom is 0.242 e. The minimum Gasteiger partial charge on any atom is -0.312 e. The lowest BCUT2D eigenvalue weighted by molar-refractivity contribution is -0.123. The SMILES string of the molecule is CC(=S)N/N=C(\C)NC(=O)C1CCCN1C. The van der Waals surface area contributed by atoms with E-state index in [9.17, 15) is 4.79 Å². The number of hydrazone groups is 1. The van der Waals surface area contributed by atoms with Gasteiger partial charge in [-0.1, -0.05) is 12.2 Å². The molecule has 0 saturated carbocycles. The molecule has 1 saturated heterocycles. The smallest absolute Gasteiger partial charge is 0.242 e. The fourth-order valence-corrected chi connectivity index (χ4v) is 1.74. The molecule has 0 bridgehead atoms. The van der Waals surface area contributed by atoms with Gasteiger partial charge in [-0.3, -0.25) is 15.1 Å². The van der Waals surface area contributed by atoms with Gasteiger partial charge in [0.2, 0.25) is 5.91 Å². The van der Waals surface area contributed by atoms with Crippen LogP contribution in [0.1, 0.15) is 26.7 Å². The summed E-state index contributed by atoms with van der Waals surface area (Å²) in [6, 6.07) is -0.0290. The first-order chi connectivity index (χ1) is 7.50. The van der Waals surface area contributed by atoms with Crippen molar-refractivity contribution in [2.75, 3.05) is 13.6 Å². The van der Waals surface area contributed by atoms with Gasteiger partial charge in [-0.05, 0) is 40.3 Å². The van der Waals surface area contributed by atoms with Gasteiger partial charge in [0.1, 0.15) is 5.84 Å². The van der Waals surface area contributed by atoms with Gasteiger partial charge in [0.25, 0.3) is 0 Å². The first kappa shape index (κ1) is 13.1. The zero-order valence-corrected chi connectivity index (χ0v) is 10.7. The quantitative estimate of drug-likeness (QED) is 0.320. The minimum atomic E-state index is -0.0290. The Balaban J connectivity index is 2.44. The maximum absolute atomic E-state index is 11.8. The highest BCUT2D eigenvalue weighted by molar-refractivity contribution is 7.80. The number of nitrogens with one attached hydrogen (secondary N) is 2. The Hall–Kier alpha value is -1.01. The van der Waals surface area contributed by atoms with Gasteiger partial charge in [-0.15, -0.1) is 0 Å². The third-order valence-electron chi connectivity index (χ3n) is 2.51. The van der Waals surface area contributed by atoms with Crippen LogP contribution in [0.25, 0.3) is 0 Å². The van der Waals surface area contributed by atoms with Crippen molar-refractivity contribution in [3.8, 4) is 0 Å². The maximum atomic E-state index is 11.8. The Morgan fingerprint density at radius 1 is 1.50 bits per heavy atom. The molecule has 1 unspecified atom stereocenters. The van der Waals surface area contributed by atoms with Crippen LogP contribution in [0.3, 0.4) is 0 Å². The van der Waals surface area contributed by atoms with E-state index in [1.165, 1.54) is 0 Å².